The number of aliphatic hydroxyl groups is 1. The summed E-state index contributed by atoms with van der Waals surface area (Å²) in [5, 5.41) is 38.5. The Hall–Kier alpha value is -2.24. The van der Waals surface area contributed by atoms with Crippen molar-refractivity contribution in [3.8, 4) is 17.2 Å². The minimum atomic E-state index is -0.619. The van der Waals surface area contributed by atoms with Crippen molar-refractivity contribution in [3.63, 3.8) is 0 Å². The number of hydrogen-bond acceptors (Lipinski definition) is 5. The molecular weight excluding hydrogens is 284 g/mol. The van der Waals surface area contributed by atoms with Crippen LogP contribution in [0.4, 0.5) is 0 Å². The van der Waals surface area contributed by atoms with Gasteiger partial charge < -0.3 is 25.2 Å². The van der Waals surface area contributed by atoms with Crippen LogP contribution in [0.5, 0.6) is 17.2 Å². The van der Waals surface area contributed by atoms with Gasteiger partial charge in [0.1, 0.15) is 5.75 Å². The van der Waals surface area contributed by atoms with Crippen molar-refractivity contribution >= 4 is 0 Å². The molecule has 1 heterocycles. The molecule has 0 aliphatic carbocycles. The highest BCUT2D eigenvalue weighted by Crippen LogP contribution is 2.39. The molecule has 0 radical (unpaired) electrons. The number of aliphatic hydroxyl groups excluding tert-OH is 1. The third-order valence-corrected chi connectivity index (χ3v) is 4.09. The van der Waals surface area contributed by atoms with Gasteiger partial charge in [-0.25, -0.2) is 0 Å². The van der Waals surface area contributed by atoms with E-state index in [2.05, 4.69) is 0 Å². The average Bonchev–Trinajstić information content (AvgIpc) is 2.52. The van der Waals surface area contributed by atoms with Gasteiger partial charge in [0.25, 0.3) is 0 Å². The first-order chi connectivity index (χ1) is 10.5. The molecule has 1 saturated heterocycles. The van der Waals surface area contributed by atoms with E-state index in [0.29, 0.717) is 6.42 Å². The number of rotatable bonds is 2. The molecule has 1 aliphatic heterocycles. The maximum atomic E-state index is 10.2. The highest BCUT2D eigenvalue weighted by molar-refractivity contribution is 5.41. The van der Waals surface area contributed by atoms with Gasteiger partial charge in [-0.15, -0.1) is 0 Å². The van der Waals surface area contributed by atoms with Crippen molar-refractivity contribution in [3.05, 3.63) is 53.6 Å². The largest absolute Gasteiger partial charge is 0.508 e. The van der Waals surface area contributed by atoms with E-state index in [9.17, 15) is 20.4 Å². The average molecular weight is 302 g/mol. The van der Waals surface area contributed by atoms with E-state index in [-0.39, 0.29) is 35.9 Å². The van der Waals surface area contributed by atoms with Crippen molar-refractivity contribution < 1.29 is 25.2 Å². The SMILES string of the molecule is Oc1ccc([C@@H]2C[C@H](c3ccc(O)c(O)c3)OC[C@@H]2O)cc1. The van der Waals surface area contributed by atoms with Gasteiger partial charge in [-0.3, -0.25) is 0 Å². The molecular formula is C17H18O5. The second-order valence-corrected chi connectivity index (χ2v) is 5.57. The summed E-state index contributed by atoms with van der Waals surface area (Å²) in [4.78, 5) is 0. The Morgan fingerprint density at radius 3 is 2.23 bits per heavy atom. The van der Waals surface area contributed by atoms with Gasteiger partial charge in [-0.1, -0.05) is 18.2 Å². The van der Waals surface area contributed by atoms with Gasteiger partial charge >= 0.3 is 0 Å². The van der Waals surface area contributed by atoms with E-state index in [0.717, 1.165) is 11.1 Å². The van der Waals surface area contributed by atoms with Crippen LogP contribution in [0.1, 0.15) is 29.6 Å². The predicted molar refractivity (Wildman–Crippen MR) is 79.9 cm³/mol. The van der Waals surface area contributed by atoms with Gasteiger partial charge in [0.05, 0.1) is 18.8 Å². The molecule has 0 unspecified atom stereocenters. The Labute approximate surface area is 128 Å². The lowest BCUT2D eigenvalue weighted by atomic mass is 9.84. The van der Waals surface area contributed by atoms with Gasteiger partial charge in [-0.05, 0) is 41.8 Å². The van der Waals surface area contributed by atoms with E-state index < -0.39 is 6.10 Å². The van der Waals surface area contributed by atoms with Crippen LogP contribution in [0.2, 0.25) is 0 Å². The van der Waals surface area contributed by atoms with Crippen LogP contribution in [0.15, 0.2) is 42.5 Å². The van der Waals surface area contributed by atoms with Crippen LogP contribution in [0.25, 0.3) is 0 Å². The zero-order chi connectivity index (χ0) is 15.7. The highest BCUT2D eigenvalue weighted by Gasteiger charge is 2.32. The van der Waals surface area contributed by atoms with Crippen LogP contribution in [0.3, 0.4) is 0 Å². The van der Waals surface area contributed by atoms with Crippen molar-refractivity contribution in [2.24, 2.45) is 0 Å². The van der Waals surface area contributed by atoms with Crippen LogP contribution in [0, 0.1) is 0 Å². The molecule has 3 atom stereocenters. The van der Waals surface area contributed by atoms with E-state index >= 15 is 0 Å². The van der Waals surface area contributed by atoms with Crippen molar-refractivity contribution in [2.75, 3.05) is 6.61 Å². The summed E-state index contributed by atoms with van der Waals surface area (Å²) in [6, 6.07) is 11.4. The van der Waals surface area contributed by atoms with Gasteiger partial charge in [0.2, 0.25) is 0 Å². The Bertz CT molecular complexity index is 653. The summed E-state index contributed by atoms with van der Waals surface area (Å²) in [6.45, 7) is 0.192. The summed E-state index contributed by atoms with van der Waals surface area (Å²) in [7, 11) is 0. The maximum Gasteiger partial charge on any atom is 0.157 e. The molecule has 5 nitrogen and oxygen atoms in total. The first-order valence-corrected chi connectivity index (χ1v) is 7.15. The van der Waals surface area contributed by atoms with Crippen LogP contribution >= 0.6 is 0 Å². The molecule has 0 spiro atoms. The van der Waals surface area contributed by atoms with Crippen molar-refractivity contribution in [2.45, 2.75) is 24.5 Å². The molecule has 1 aliphatic rings. The standard InChI is InChI=1S/C17H18O5/c18-12-4-1-10(2-5-12)13-8-17(22-9-16(13)21)11-3-6-14(19)15(20)7-11/h1-7,13,16-21H,8-9H2/t13-,16-,17+/m0/s1. The molecule has 0 aromatic heterocycles. The fourth-order valence-corrected chi connectivity index (χ4v) is 2.84. The highest BCUT2D eigenvalue weighted by atomic mass is 16.5. The van der Waals surface area contributed by atoms with Gasteiger partial charge in [0.15, 0.2) is 11.5 Å². The second-order valence-electron chi connectivity index (χ2n) is 5.57. The predicted octanol–water partition coefficient (Wildman–Crippen LogP) is 2.41. The van der Waals surface area contributed by atoms with Crippen molar-refractivity contribution in [1.29, 1.82) is 0 Å². The molecule has 116 valence electrons. The van der Waals surface area contributed by atoms with Crippen LogP contribution < -0.4 is 0 Å². The van der Waals surface area contributed by atoms with E-state index in [4.69, 9.17) is 4.74 Å². The number of benzene rings is 2. The number of hydrogen-bond donors (Lipinski definition) is 4. The molecule has 2 aromatic carbocycles. The lowest BCUT2D eigenvalue weighted by Crippen LogP contribution is -2.32. The van der Waals surface area contributed by atoms with E-state index in [1.807, 2.05) is 0 Å². The monoisotopic (exact) mass is 302 g/mol. The second kappa shape index (κ2) is 5.87. The fraction of sp³-hybridized carbons (Fsp3) is 0.294. The number of aromatic hydroxyl groups is 3. The van der Waals surface area contributed by atoms with Crippen LogP contribution in [-0.4, -0.2) is 33.1 Å². The normalized spacial score (nSPS) is 25.0. The molecule has 0 bridgehead atoms. The number of phenolic OH excluding ortho intramolecular Hbond substituents is 3. The van der Waals surface area contributed by atoms with Gasteiger partial charge in [0, 0.05) is 5.92 Å². The smallest absolute Gasteiger partial charge is 0.157 e. The molecule has 0 saturated carbocycles. The number of phenols is 3. The fourth-order valence-electron chi connectivity index (χ4n) is 2.84. The molecule has 1 fully saturated rings. The summed E-state index contributed by atoms with van der Waals surface area (Å²) < 4.78 is 5.65. The number of ether oxygens (including phenoxy) is 1. The van der Waals surface area contributed by atoms with Gasteiger partial charge in [-0.2, -0.15) is 0 Å². The molecule has 5 heteroatoms. The Morgan fingerprint density at radius 2 is 1.55 bits per heavy atom. The molecule has 2 aromatic rings. The Balaban J connectivity index is 1.83. The third-order valence-electron chi connectivity index (χ3n) is 4.09. The minimum absolute atomic E-state index is 0.115. The molecule has 0 amide bonds. The first kappa shape index (κ1) is 14.7. The summed E-state index contributed by atoms with van der Waals surface area (Å²) in [6.07, 6.45) is -0.337. The molecule has 3 rings (SSSR count). The Morgan fingerprint density at radius 1 is 0.864 bits per heavy atom. The summed E-state index contributed by atoms with van der Waals surface area (Å²) in [5.41, 5.74) is 1.69. The quantitative estimate of drug-likeness (QED) is 0.640. The lowest BCUT2D eigenvalue weighted by Gasteiger charge is -2.34. The zero-order valence-electron chi connectivity index (χ0n) is 11.9. The topological polar surface area (TPSA) is 90.2 Å². The Kier molecular flexibility index (Phi) is 3.92. The lowest BCUT2D eigenvalue weighted by molar-refractivity contribution is -0.0699. The van der Waals surface area contributed by atoms with Crippen molar-refractivity contribution in [1.82, 2.24) is 0 Å². The first-order valence-electron chi connectivity index (χ1n) is 7.15. The summed E-state index contributed by atoms with van der Waals surface area (Å²) >= 11 is 0. The van der Waals surface area contributed by atoms with E-state index in [1.54, 1.807) is 30.3 Å². The molecule has 4 N–H and O–H groups in total. The summed E-state index contributed by atoms with van der Waals surface area (Å²) in [5.74, 6) is -0.288. The van der Waals surface area contributed by atoms with Crippen LogP contribution in [-0.2, 0) is 4.74 Å². The van der Waals surface area contributed by atoms with E-state index in [1.165, 1.54) is 12.1 Å². The molecule has 22 heavy (non-hydrogen) atoms. The third kappa shape index (κ3) is 2.86. The minimum Gasteiger partial charge on any atom is -0.508 e. The zero-order valence-corrected chi connectivity index (χ0v) is 11.9. The maximum absolute atomic E-state index is 10.2.